The largest absolute Gasteiger partial charge is 0.433 e. The number of rotatable bonds is 1. The topological polar surface area (TPSA) is 32.3 Å². The fourth-order valence-corrected chi connectivity index (χ4v) is 3.09. The minimum absolute atomic E-state index is 0.388. The average Bonchev–Trinajstić information content (AvgIpc) is 2.85. The summed E-state index contributed by atoms with van der Waals surface area (Å²) < 4.78 is 37.9. The zero-order valence-electron chi connectivity index (χ0n) is 10.6. The van der Waals surface area contributed by atoms with Gasteiger partial charge in [0.25, 0.3) is 0 Å². The fraction of sp³-hybridized carbons (Fsp3) is 0.667. The lowest BCUT2D eigenvalue weighted by Gasteiger charge is -2.20. The maximum atomic E-state index is 12.6. The van der Waals surface area contributed by atoms with Gasteiger partial charge in [0.2, 0.25) is 0 Å². The van der Waals surface area contributed by atoms with Crippen LogP contribution in [0.1, 0.15) is 5.69 Å². The molecule has 104 valence electrons. The molecule has 3 heterocycles. The Kier molecular flexibility index (Phi) is 2.88. The van der Waals surface area contributed by atoms with E-state index in [4.69, 9.17) is 0 Å². The minimum atomic E-state index is -4.41. The summed E-state index contributed by atoms with van der Waals surface area (Å²) in [5.74, 6) is 1.46. The first-order valence-electron chi connectivity index (χ1n) is 6.26. The van der Waals surface area contributed by atoms with Crippen LogP contribution in [0, 0.1) is 11.8 Å². The highest BCUT2D eigenvalue weighted by Crippen LogP contribution is 2.34. The van der Waals surface area contributed by atoms with Crippen molar-refractivity contribution in [3.8, 4) is 0 Å². The third kappa shape index (κ3) is 2.39. The number of halogens is 3. The van der Waals surface area contributed by atoms with Crippen molar-refractivity contribution in [3.05, 3.63) is 18.1 Å². The molecule has 2 fully saturated rings. The second-order valence-electron chi connectivity index (χ2n) is 5.41. The Morgan fingerprint density at radius 3 is 2.32 bits per heavy atom. The highest BCUT2D eigenvalue weighted by molar-refractivity contribution is 5.41. The first kappa shape index (κ1) is 12.7. The Morgan fingerprint density at radius 1 is 1.11 bits per heavy atom. The van der Waals surface area contributed by atoms with Gasteiger partial charge in [0, 0.05) is 32.2 Å². The van der Waals surface area contributed by atoms with E-state index in [2.05, 4.69) is 21.9 Å². The second-order valence-corrected chi connectivity index (χ2v) is 5.41. The van der Waals surface area contributed by atoms with E-state index < -0.39 is 11.9 Å². The first-order valence-corrected chi connectivity index (χ1v) is 6.26. The standard InChI is InChI=1S/C12H15F3N4/c1-18-3-8-5-19(6-9(8)4-18)11-2-10(12(13,14)15)16-7-17-11/h2,7-9H,3-6H2,1H3. The summed E-state index contributed by atoms with van der Waals surface area (Å²) in [4.78, 5) is 11.5. The van der Waals surface area contributed by atoms with Crippen molar-refractivity contribution in [2.24, 2.45) is 11.8 Å². The molecule has 2 saturated heterocycles. The van der Waals surface area contributed by atoms with Gasteiger partial charge in [-0.1, -0.05) is 0 Å². The van der Waals surface area contributed by atoms with Crippen LogP contribution in [0.25, 0.3) is 0 Å². The Bertz CT molecular complexity index is 462. The smallest absolute Gasteiger partial charge is 0.356 e. The minimum Gasteiger partial charge on any atom is -0.356 e. The number of hydrogen-bond acceptors (Lipinski definition) is 4. The molecule has 7 heteroatoms. The maximum absolute atomic E-state index is 12.6. The van der Waals surface area contributed by atoms with Gasteiger partial charge in [-0.15, -0.1) is 0 Å². The molecule has 2 aliphatic heterocycles. The molecule has 0 amide bonds. The predicted octanol–water partition coefficient (Wildman–Crippen LogP) is 1.49. The fourth-order valence-electron chi connectivity index (χ4n) is 3.09. The molecule has 0 saturated carbocycles. The van der Waals surface area contributed by atoms with Gasteiger partial charge in [0.15, 0.2) is 0 Å². The van der Waals surface area contributed by atoms with Gasteiger partial charge in [0.05, 0.1) is 0 Å². The molecule has 2 aliphatic rings. The molecular weight excluding hydrogens is 257 g/mol. The zero-order chi connectivity index (χ0) is 13.6. The number of fused-ring (bicyclic) bond motifs is 1. The van der Waals surface area contributed by atoms with E-state index in [1.54, 1.807) is 0 Å². The normalized spacial score (nSPS) is 27.9. The van der Waals surface area contributed by atoms with Gasteiger partial charge < -0.3 is 9.80 Å². The molecule has 2 atom stereocenters. The Hall–Kier alpha value is -1.37. The van der Waals surface area contributed by atoms with Crippen molar-refractivity contribution < 1.29 is 13.2 Å². The average molecular weight is 272 g/mol. The van der Waals surface area contributed by atoms with Crippen LogP contribution in [0.4, 0.5) is 19.0 Å². The molecule has 0 aromatic carbocycles. The third-order valence-electron chi connectivity index (χ3n) is 3.94. The summed E-state index contributed by atoms with van der Waals surface area (Å²) in [6.07, 6.45) is -3.41. The summed E-state index contributed by atoms with van der Waals surface area (Å²) >= 11 is 0. The Morgan fingerprint density at radius 2 is 1.74 bits per heavy atom. The molecule has 0 radical (unpaired) electrons. The van der Waals surface area contributed by atoms with Crippen LogP contribution in [0.5, 0.6) is 0 Å². The quantitative estimate of drug-likeness (QED) is 0.775. The van der Waals surface area contributed by atoms with E-state index in [9.17, 15) is 13.2 Å². The lowest BCUT2D eigenvalue weighted by molar-refractivity contribution is -0.141. The van der Waals surface area contributed by atoms with Crippen molar-refractivity contribution in [1.29, 1.82) is 0 Å². The van der Waals surface area contributed by atoms with Crippen molar-refractivity contribution in [2.75, 3.05) is 38.1 Å². The second kappa shape index (κ2) is 4.33. The van der Waals surface area contributed by atoms with E-state index in [1.165, 1.54) is 0 Å². The molecule has 0 bridgehead atoms. The van der Waals surface area contributed by atoms with E-state index in [-0.39, 0.29) is 0 Å². The maximum Gasteiger partial charge on any atom is 0.433 e. The Labute approximate surface area is 109 Å². The monoisotopic (exact) mass is 272 g/mol. The molecule has 2 unspecified atom stereocenters. The van der Waals surface area contributed by atoms with Gasteiger partial charge in [-0.25, -0.2) is 9.97 Å². The molecule has 3 rings (SSSR count). The summed E-state index contributed by atoms with van der Waals surface area (Å²) in [5, 5.41) is 0. The highest BCUT2D eigenvalue weighted by atomic mass is 19.4. The van der Waals surface area contributed by atoms with E-state index in [0.717, 1.165) is 38.6 Å². The van der Waals surface area contributed by atoms with Crippen LogP contribution < -0.4 is 4.90 Å². The molecule has 19 heavy (non-hydrogen) atoms. The van der Waals surface area contributed by atoms with Crippen molar-refractivity contribution in [2.45, 2.75) is 6.18 Å². The van der Waals surface area contributed by atoms with Gasteiger partial charge >= 0.3 is 6.18 Å². The molecule has 1 aromatic rings. The van der Waals surface area contributed by atoms with Gasteiger partial charge in [-0.3, -0.25) is 0 Å². The number of nitrogens with zero attached hydrogens (tertiary/aromatic N) is 4. The van der Waals surface area contributed by atoms with Crippen molar-refractivity contribution in [1.82, 2.24) is 14.9 Å². The van der Waals surface area contributed by atoms with Gasteiger partial charge in [-0.2, -0.15) is 13.2 Å². The lowest BCUT2D eigenvalue weighted by atomic mass is 10.0. The highest BCUT2D eigenvalue weighted by Gasteiger charge is 2.40. The molecular formula is C12H15F3N4. The summed E-state index contributed by atoms with van der Waals surface area (Å²) in [6.45, 7) is 3.59. The van der Waals surface area contributed by atoms with Gasteiger partial charge in [-0.05, 0) is 18.9 Å². The molecule has 4 nitrogen and oxygen atoms in total. The van der Waals surface area contributed by atoms with E-state index in [0.29, 0.717) is 17.7 Å². The lowest BCUT2D eigenvalue weighted by Crippen LogP contribution is -2.27. The number of likely N-dealkylation sites (tertiary alicyclic amines) is 1. The predicted molar refractivity (Wildman–Crippen MR) is 63.7 cm³/mol. The first-order chi connectivity index (χ1) is 8.93. The SMILES string of the molecule is CN1CC2CN(c3cc(C(F)(F)F)ncn3)CC2C1. The number of anilines is 1. The number of alkyl halides is 3. The molecule has 1 aromatic heterocycles. The summed E-state index contributed by atoms with van der Waals surface area (Å²) in [6, 6.07) is 1.05. The van der Waals surface area contributed by atoms with Crippen LogP contribution in [0.3, 0.4) is 0 Å². The van der Waals surface area contributed by atoms with Crippen LogP contribution in [0.15, 0.2) is 12.4 Å². The zero-order valence-corrected chi connectivity index (χ0v) is 10.6. The van der Waals surface area contributed by atoms with E-state index >= 15 is 0 Å². The third-order valence-corrected chi connectivity index (χ3v) is 3.94. The molecule has 0 N–H and O–H groups in total. The van der Waals surface area contributed by atoms with Gasteiger partial charge in [0.1, 0.15) is 17.8 Å². The van der Waals surface area contributed by atoms with Crippen LogP contribution in [-0.4, -0.2) is 48.1 Å². The van der Waals surface area contributed by atoms with Crippen LogP contribution in [-0.2, 0) is 6.18 Å². The van der Waals surface area contributed by atoms with Crippen LogP contribution >= 0.6 is 0 Å². The van der Waals surface area contributed by atoms with Crippen molar-refractivity contribution in [3.63, 3.8) is 0 Å². The molecule has 0 spiro atoms. The van der Waals surface area contributed by atoms with Crippen molar-refractivity contribution >= 4 is 5.82 Å². The summed E-state index contributed by atoms with van der Waals surface area (Å²) in [7, 11) is 2.08. The molecule has 0 aliphatic carbocycles. The number of hydrogen-bond donors (Lipinski definition) is 0. The Balaban J connectivity index is 1.78. The number of aromatic nitrogens is 2. The van der Waals surface area contributed by atoms with Crippen LogP contribution in [0.2, 0.25) is 0 Å². The van der Waals surface area contributed by atoms with E-state index in [1.807, 2.05) is 4.90 Å². The summed E-state index contributed by atoms with van der Waals surface area (Å²) in [5.41, 5.74) is -0.869.